The van der Waals surface area contributed by atoms with E-state index in [1.165, 1.54) is 12.1 Å². The van der Waals surface area contributed by atoms with E-state index in [1.807, 2.05) is 0 Å². The van der Waals surface area contributed by atoms with E-state index in [0.29, 0.717) is 22.9 Å². The molecule has 0 aromatic heterocycles. The number of benzene rings is 2. The first-order chi connectivity index (χ1) is 8.74. The van der Waals surface area contributed by atoms with Gasteiger partial charge in [0, 0.05) is 10.9 Å². The Morgan fingerprint density at radius 2 is 1.94 bits per heavy atom. The quantitative estimate of drug-likeness (QED) is 0.805. The third-order valence-corrected chi connectivity index (χ3v) is 2.63. The molecular formula is C15H12FNO. The highest BCUT2D eigenvalue weighted by atomic mass is 19.1. The van der Waals surface area contributed by atoms with Gasteiger partial charge in [-0.2, -0.15) is 0 Å². The number of amides is 1. The Balaban J connectivity index is 2.41. The van der Waals surface area contributed by atoms with Crippen molar-refractivity contribution >= 4 is 16.7 Å². The second kappa shape index (κ2) is 5.33. The van der Waals surface area contributed by atoms with Crippen LogP contribution < -0.4 is 5.32 Å². The van der Waals surface area contributed by atoms with Gasteiger partial charge in [0.05, 0.1) is 6.54 Å². The highest BCUT2D eigenvalue weighted by Gasteiger charge is 2.11. The zero-order valence-corrected chi connectivity index (χ0v) is 9.96. The second-order valence-corrected chi connectivity index (χ2v) is 3.75. The average Bonchev–Trinajstić information content (AvgIpc) is 2.39. The summed E-state index contributed by atoms with van der Waals surface area (Å²) in [4.78, 5) is 11.9. The van der Waals surface area contributed by atoms with Crippen LogP contribution in [-0.2, 0) is 0 Å². The molecule has 0 heterocycles. The lowest BCUT2D eigenvalue weighted by atomic mass is 10.0. The van der Waals surface area contributed by atoms with Crippen molar-refractivity contribution in [2.45, 2.75) is 6.92 Å². The molecule has 0 saturated heterocycles. The molecule has 90 valence electrons. The molecule has 0 bridgehead atoms. The summed E-state index contributed by atoms with van der Waals surface area (Å²) in [6.45, 7) is 2.00. The van der Waals surface area contributed by atoms with E-state index in [0.717, 1.165) is 0 Å². The molecule has 18 heavy (non-hydrogen) atoms. The van der Waals surface area contributed by atoms with Gasteiger partial charge in [-0.1, -0.05) is 30.2 Å². The van der Waals surface area contributed by atoms with Crippen LogP contribution in [0.4, 0.5) is 4.39 Å². The van der Waals surface area contributed by atoms with Crippen LogP contribution in [0.2, 0.25) is 0 Å². The van der Waals surface area contributed by atoms with E-state index in [1.54, 1.807) is 31.2 Å². The molecular weight excluding hydrogens is 229 g/mol. The van der Waals surface area contributed by atoms with Gasteiger partial charge in [-0.15, -0.1) is 5.92 Å². The summed E-state index contributed by atoms with van der Waals surface area (Å²) in [6, 6.07) is 9.72. The molecule has 2 aromatic rings. The van der Waals surface area contributed by atoms with Crippen molar-refractivity contribution in [2.24, 2.45) is 0 Å². The fourth-order valence-electron chi connectivity index (χ4n) is 1.77. The normalized spacial score (nSPS) is 9.67. The van der Waals surface area contributed by atoms with Crippen LogP contribution in [0.3, 0.4) is 0 Å². The Labute approximate surface area is 105 Å². The number of carbonyl (C=O) groups is 1. The topological polar surface area (TPSA) is 29.1 Å². The van der Waals surface area contributed by atoms with E-state index >= 15 is 0 Å². The van der Waals surface area contributed by atoms with Crippen molar-refractivity contribution in [1.29, 1.82) is 0 Å². The van der Waals surface area contributed by atoms with Gasteiger partial charge in [0.15, 0.2) is 0 Å². The van der Waals surface area contributed by atoms with Crippen LogP contribution in [0.15, 0.2) is 36.4 Å². The molecule has 0 radical (unpaired) electrons. The molecule has 0 spiro atoms. The Hall–Kier alpha value is -2.34. The third-order valence-electron chi connectivity index (χ3n) is 2.63. The number of rotatable bonds is 2. The standard InChI is InChI=1S/C15H12FNO/c1-2-3-10-17-15(18)13-8-9-14(16)12-7-5-4-6-11(12)13/h4-9H,10H2,1H3,(H,17,18). The minimum Gasteiger partial charge on any atom is -0.341 e. The van der Waals surface area contributed by atoms with E-state index in [4.69, 9.17) is 0 Å². The summed E-state index contributed by atoms with van der Waals surface area (Å²) in [6.07, 6.45) is 0. The lowest BCUT2D eigenvalue weighted by molar-refractivity contribution is 0.0960. The van der Waals surface area contributed by atoms with Crippen molar-refractivity contribution in [2.75, 3.05) is 6.54 Å². The highest BCUT2D eigenvalue weighted by molar-refractivity contribution is 6.07. The van der Waals surface area contributed by atoms with Gasteiger partial charge in [0.2, 0.25) is 0 Å². The summed E-state index contributed by atoms with van der Waals surface area (Å²) in [5.41, 5.74) is 0.463. The first-order valence-electron chi connectivity index (χ1n) is 5.59. The third kappa shape index (κ3) is 2.33. The van der Waals surface area contributed by atoms with Gasteiger partial charge in [-0.25, -0.2) is 4.39 Å². The Morgan fingerprint density at radius 1 is 1.22 bits per heavy atom. The molecule has 1 amide bonds. The lowest BCUT2D eigenvalue weighted by Crippen LogP contribution is -2.23. The molecule has 2 nitrogen and oxygen atoms in total. The van der Waals surface area contributed by atoms with Gasteiger partial charge in [-0.3, -0.25) is 4.79 Å². The molecule has 0 aliphatic carbocycles. The minimum atomic E-state index is -0.324. The predicted octanol–water partition coefficient (Wildman–Crippen LogP) is 2.73. The first-order valence-corrected chi connectivity index (χ1v) is 5.59. The molecule has 0 aliphatic heterocycles. The smallest absolute Gasteiger partial charge is 0.252 e. The molecule has 0 fully saturated rings. The Kier molecular flexibility index (Phi) is 3.59. The molecule has 0 unspecified atom stereocenters. The van der Waals surface area contributed by atoms with Crippen LogP contribution >= 0.6 is 0 Å². The van der Waals surface area contributed by atoms with Crippen molar-refractivity contribution in [1.82, 2.24) is 5.32 Å². The van der Waals surface area contributed by atoms with E-state index in [-0.39, 0.29) is 11.7 Å². The number of carbonyl (C=O) groups excluding carboxylic acids is 1. The maximum atomic E-state index is 13.6. The van der Waals surface area contributed by atoms with Crippen molar-refractivity contribution < 1.29 is 9.18 Å². The number of hydrogen-bond acceptors (Lipinski definition) is 1. The maximum absolute atomic E-state index is 13.6. The van der Waals surface area contributed by atoms with Crippen LogP contribution in [-0.4, -0.2) is 12.5 Å². The molecule has 3 heteroatoms. The molecule has 0 aliphatic rings. The van der Waals surface area contributed by atoms with Crippen molar-refractivity contribution in [3.63, 3.8) is 0 Å². The van der Waals surface area contributed by atoms with Gasteiger partial charge in [-0.05, 0) is 24.4 Å². The summed E-state index contributed by atoms with van der Waals surface area (Å²) in [5, 5.41) is 3.74. The number of fused-ring (bicyclic) bond motifs is 1. The maximum Gasteiger partial charge on any atom is 0.252 e. The van der Waals surface area contributed by atoms with Gasteiger partial charge in [0.1, 0.15) is 5.82 Å². The Morgan fingerprint density at radius 3 is 2.67 bits per heavy atom. The molecule has 1 N–H and O–H groups in total. The molecule has 2 aromatic carbocycles. The SMILES string of the molecule is CC#CCNC(=O)c1ccc(F)c2ccccc12. The number of halogens is 1. The second-order valence-electron chi connectivity index (χ2n) is 3.75. The van der Waals surface area contributed by atoms with Crippen LogP contribution in [0.1, 0.15) is 17.3 Å². The van der Waals surface area contributed by atoms with E-state index < -0.39 is 0 Å². The fourth-order valence-corrected chi connectivity index (χ4v) is 1.77. The summed E-state index contributed by atoms with van der Waals surface area (Å²) in [5.74, 6) is 4.88. The van der Waals surface area contributed by atoms with Gasteiger partial charge < -0.3 is 5.32 Å². The highest BCUT2D eigenvalue weighted by Crippen LogP contribution is 2.21. The number of nitrogens with one attached hydrogen (secondary N) is 1. The minimum absolute atomic E-state index is 0.242. The van der Waals surface area contributed by atoms with E-state index in [9.17, 15) is 9.18 Å². The summed E-state index contributed by atoms with van der Waals surface area (Å²) in [7, 11) is 0. The summed E-state index contributed by atoms with van der Waals surface area (Å²) >= 11 is 0. The Bertz CT molecular complexity index is 652. The summed E-state index contributed by atoms with van der Waals surface area (Å²) < 4.78 is 13.6. The largest absolute Gasteiger partial charge is 0.341 e. The molecule has 2 rings (SSSR count). The van der Waals surface area contributed by atoms with Crippen LogP contribution in [0.5, 0.6) is 0 Å². The fraction of sp³-hybridized carbons (Fsp3) is 0.133. The van der Waals surface area contributed by atoms with Gasteiger partial charge in [0.25, 0.3) is 5.91 Å². The van der Waals surface area contributed by atoms with Crippen molar-refractivity contribution in [3.8, 4) is 11.8 Å². The zero-order valence-electron chi connectivity index (χ0n) is 9.96. The van der Waals surface area contributed by atoms with Crippen LogP contribution in [0.25, 0.3) is 10.8 Å². The van der Waals surface area contributed by atoms with Crippen LogP contribution in [0, 0.1) is 17.7 Å². The van der Waals surface area contributed by atoms with E-state index in [2.05, 4.69) is 17.2 Å². The molecule has 0 atom stereocenters. The zero-order chi connectivity index (χ0) is 13.0. The first kappa shape index (κ1) is 12.1. The van der Waals surface area contributed by atoms with Crippen molar-refractivity contribution in [3.05, 3.63) is 47.8 Å². The average molecular weight is 241 g/mol. The lowest BCUT2D eigenvalue weighted by Gasteiger charge is -2.06. The monoisotopic (exact) mass is 241 g/mol. The van der Waals surface area contributed by atoms with Gasteiger partial charge >= 0.3 is 0 Å². The number of hydrogen-bond donors (Lipinski definition) is 1. The molecule has 0 saturated carbocycles. The predicted molar refractivity (Wildman–Crippen MR) is 69.7 cm³/mol.